The van der Waals surface area contributed by atoms with E-state index in [0.717, 1.165) is 50.8 Å². The molecule has 0 bridgehead atoms. The highest BCUT2D eigenvalue weighted by atomic mass is 32.2. The van der Waals surface area contributed by atoms with Gasteiger partial charge in [-0.25, -0.2) is 4.98 Å². The monoisotopic (exact) mass is 609 g/mol. The molecule has 2 aromatic heterocycles. The van der Waals surface area contributed by atoms with E-state index in [9.17, 15) is 9.59 Å². The number of rotatable bonds is 10. The summed E-state index contributed by atoms with van der Waals surface area (Å²) in [5.74, 6) is 0.553. The number of hydrogen-bond acceptors (Lipinski definition) is 5. The maximum atomic E-state index is 14.4. The number of pyridine rings is 1. The first-order valence-corrected chi connectivity index (χ1v) is 15.9. The van der Waals surface area contributed by atoms with Crippen molar-refractivity contribution in [2.24, 2.45) is 0 Å². The zero-order valence-corrected chi connectivity index (χ0v) is 25.3. The summed E-state index contributed by atoms with van der Waals surface area (Å²) < 4.78 is 8.10. The fraction of sp³-hybridized carbons (Fsp3) is 0.132. The van der Waals surface area contributed by atoms with Gasteiger partial charge in [0.2, 0.25) is 5.91 Å². The number of amides is 2. The van der Waals surface area contributed by atoms with Gasteiger partial charge in [0.05, 0.1) is 11.8 Å². The molecule has 1 atom stereocenters. The molecule has 45 heavy (non-hydrogen) atoms. The van der Waals surface area contributed by atoms with Crippen molar-refractivity contribution in [3.8, 4) is 5.75 Å². The largest absolute Gasteiger partial charge is 0.492 e. The van der Waals surface area contributed by atoms with E-state index < -0.39 is 10.8 Å². The summed E-state index contributed by atoms with van der Waals surface area (Å²) in [6.07, 6.45) is 4.25. The maximum absolute atomic E-state index is 14.4. The normalized spacial score (nSPS) is 15.1. The van der Waals surface area contributed by atoms with E-state index in [1.165, 1.54) is 4.90 Å². The summed E-state index contributed by atoms with van der Waals surface area (Å²) in [4.78, 5) is 34.2. The lowest BCUT2D eigenvalue weighted by Crippen LogP contribution is -2.51. The van der Waals surface area contributed by atoms with Gasteiger partial charge in [0.25, 0.3) is 5.24 Å². The van der Waals surface area contributed by atoms with Crippen LogP contribution in [-0.4, -0.2) is 37.5 Å². The fourth-order valence-electron chi connectivity index (χ4n) is 6.21. The third-order valence-electron chi connectivity index (χ3n) is 8.30. The van der Waals surface area contributed by atoms with Gasteiger partial charge in [0.15, 0.2) is 0 Å². The van der Waals surface area contributed by atoms with Crippen molar-refractivity contribution in [2.75, 3.05) is 6.61 Å². The molecule has 7 heteroatoms. The lowest BCUT2D eigenvalue weighted by Gasteiger charge is -2.42. The Balaban J connectivity index is 1.12. The zero-order valence-electron chi connectivity index (χ0n) is 24.5. The molecule has 0 radical (unpaired) electrons. The van der Waals surface area contributed by atoms with Crippen LogP contribution in [0.2, 0.25) is 0 Å². The summed E-state index contributed by atoms with van der Waals surface area (Å²) >= 11 is 1.10. The number of fused-ring (bicyclic) bond motifs is 1. The third kappa shape index (κ3) is 5.40. The quantitative estimate of drug-likeness (QED) is 0.149. The SMILES string of the molecule is O=C1SC(Cc2ccc(OCCn3ccc4cccnc43)cc2)C(=O)N1C(c1ccccc1)(c1ccccc1)c1ccccc1. The number of thioether (sulfide) groups is 1. The predicted molar refractivity (Wildman–Crippen MR) is 178 cm³/mol. The van der Waals surface area contributed by atoms with Crippen molar-refractivity contribution in [3.63, 3.8) is 0 Å². The molecule has 4 aromatic carbocycles. The number of carbonyl (C=O) groups excluding carboxylic acids is 2. The van der Waals surface area contributed by atoms with Crippen molar-refractivity contribution in [3.05, 3.63) is 168 Å². The van der Waals surface area contributed by atoms with Crippen LogP contribution in [0.1, 0.15) is 22.3 Å². The van der Waals surface area contributed by atoms with E-state index in [0.29, 0.717) is 19.6 Å². The Kier molecular flexibility index (Phi) is 7.92. The van der Waals surface area contributed by atoms with Crippen LogP contribution in [0.25, 0.3) is 11.0 Å². The molecule has 0 N–H and O–H groups in total. The molecule has 3 heterocycles. The molecule has 1 aliphatic heterocycles. The molecule has 2 amide bonds. The number of nitrogens with zero attached hydrogens (tertiary/aromatic N) is 3. The van der Waals surface area contributed by atoms with Crippen LogP contribution < -0.4 is 4.74 Å². The average molecular weight is 610 g/mol. The molecule has 0 spiro atoms. The van der Waals surface area contributed by atoms with Gasteiger partial charge in [-0.2, -0.15) is 0 Å². The second-order valence-corrected chi connectivity index (χ2v) is 12.1. The lowest BCUT2D eigenvalue weighted by molar-refractivity contribution is -0.129. The molecule has 6 nitrogen and oxygen atoms in total. The number of carbonyl (C=O) groups is 2. The minimum absolute atomic E-state index is 0.200. The highest BCUT2D eigenvalue weighted by molar-refractivity contribution is 8.15. The van der Waals surface area contributed by atoms with Gasteiger partial charge in [0.1, 0.15) is 23.5 Å². The Bertz CT molecular complexity index is 1830. The number of hydrogen-bond donors (Lipinski definition) is 0. The van der Waals surface area contributed by atoms with Gasteiger partial charge in [-0.1, -0.05) is 115 Å². The first-order chi connectivity index (χ1) is 22.1. The van der Waals surface area contributed by atoms with E-state index in [4.69, 9.17) is 4.74 Å². The summed E-state index contributed by atoms with van der Waals surface area (Å²) in [6.45, 7) is 1.18. The number of ether oxygens (including phenoxy) is 1. The minimum atomic E-state index is -1.11. The standard InChI is InChI=1S/C38H31N3O3S/c42-36-34(27-28-18-20-33(21-19-28)44-26-25-40-24-22-29-11-10-23-39-35(29)40)45-37(43)41(36)38(30-12-4-1-5-13-30,31-14-6-2-7-15-31)32-16-8-3-9-17-32/h1-24,34H,25-27H2. The summed E-state index contributed by atoms with van der Waals surface area (Å²) in [5, 5.41) is 0.301. The van der Waals surface area contributed by atoms with Gasteiger partial charge in [0, 0.05) is 17.8 Å². The second-order valence-electron chi connectivity index (χ2n) is 11.0. The van der Waals surface area contributed by atoms with E-state index in [2.05, 4.69) is 15.6 Å². The van der Waals surface area contributed by atoms with Crippen molar-refractivity contribution in [1.82, 2.24) is 14.5 Å². The first kappa shape index (κ1) is 28.6. The van der Waals surface area contributed by atoms with Crippen molar-refractivity contribution in [2.45, 2.75) is 23.8 Å². The molecular weight excluding hydrogens is 579 g/mol. The number of aromatic nitrogens is 2. The number of benzene rings is 4. The Morgan fingerprint density at radius 2 is 1.31 bits per heavy atom. The fourth-order valence-corrected chi connectivity index (χ4v) is 7.27. The Morgan fingerprint density at radius 1 is 0.711 bits per heavy atom. The molecule has 1 fully saturated rings. The van der Waals surface area contributed by atoms with Crippen LogP contribution in [0.4, 0.5) is 4.79 Å². The van der Waals surface area contributed by atoms with Crippen LogP contribution in [0.15, 0.2) is 146 Å². The molecule has 1 unspecified atom stereocenters. The predicted octanol–water partition coefficient (Wildman–Crippen LogP) is 7.71. The van der Waals surface area contributed by atoms with Crippen molar-refractivity contribution >= 4 is 33.9 Å². The Labute approximate surface area is 266 Å². The van der Waals surface area contributed by atoms with Crippen molar-refractivity contribution < 1.29 is 14.3 Å². The highest BCUT2D eigenvalue weighted by Gasteiger charge is 2.53. The maximum Gasteiger partial charge on any atom is 0.290 e. The van der Waals surface area contributed by atoms with Crippen LogP contribution in [0.5, 0.6) is 5.75 Å². The molecule has 222 valence electrons. The van der Waals surface area contributed by atoms with E-state index >= 15 is 0 Å². The highest BCUT2D eigenvalue weighted by Crippen LogP contribution is 2.47. The minimum Gasteiger partial charge on any atom is -0.492 e. The van der Waals surface area contributed by atoms with Gasteiger partial charge < -0.3 is 9.30 Å². The lowest BCUT2D eigenvalue weighted by atomic mass is 9.75. The van der Waals surface area contributed by atoms with E-state index in [-0.39, 0.29) is 11.1 Å². The molecule has 6 aromatic rings. The van der Waals surface area contributed by atoms with Crippen LogP contribution >= 0.6 is 11.8 Å². The Morgan fingerprint density at radius 3 is 1.91 bits per heavy atom. The molecule has 0 saturated carbocycles. The molecule has 7 rings (SSSR count). The molecular formula is C38H31N3O3S. The van der Waals surface area contributed by atoms with E-state index in [1.54, 1.807) is 6.20 Å². The average Bonchev–Trinajstić information content (AvgIpc) is 3.63. The third-order valence-corrected chi connectivity index (χ3v) is 9.34. The van der Waals surface area contributed by atoms with Crippen LogP contribution in [0.3, 0.4) is 0 Å². The van der Waals surface area contributed by atoms with E-state index in [1.807, 2.05) is 134 Å². The van der Waals surface area contributed by atoms with Crippen LogP contribution in [-0.2, 0) is 23.3 Å². The topological polar surface area (TPSA) is 64.4 Å². The summed E-state index contributed by atoms with van der Waals surface area (Å²) in [7, 11) is 0. The van der Waals surface area contributed by atoms with Gasteiger partial charge in [-0.15, -0.1) is 0 Å². The number of imide groups is 1. The van der Waals surface area contributed by atoms with Crippen LogP contribution in [0, 0.1) is 0 Å². The molecule has 1 aliphatic rings. The summed E-state index contributed by atoms with van der Waals surface area (Å²) in [5.41, 5.74) is 3.36. The second kappa shape index (κ2) is 12.5. The zero-order chi connectivity index (χ0) is 30.6. The summed E-state index contributed by atoms with van der Waals surface area (Å²) in [6, 6.07) is 43.3. The Hall–Kier alpha value is -5.14. The first-order valence-electron chi connectivity index (χ1n) is 15.0. The smallest absolute Gasteiger partial charge is 0.290 e. The molecule has 1 saturated heterocycles. The van der Waals surface area contributed by atoms with Gasteiger partial charge in [-0.3, -0.25) is 14.5 Å². The van der Waals surface area contributed by atoms with Gasteiger partial charge >= 0.3 is 0 Å². The van der Waals surface area contributed by atoms with Crippen molar-refractivity contribution in [1.29, 1.82) is 0 Å². The molecule has 0 aliphatic carbocycles. The van der Waals surface area contributed by atoms with Gasteiger partial charge in [-0.05, 0) is 59.0 Å².